The molecule has 1 N–H and O–H groups in total. The van der Waals surface area contributed by atoms with E-state index < -0.39 is 0 Å². The molecule has 0 saturated carbocycles. The van der Waals surface area contributed by atoms with E-state index in [1.165, 1.54) is 5.69 Å². The van der Waals surface area contributed by atoms with Gasteiger partial charge in [-0.15, -0.1) is 0 Å². The van der Waals surface area contributed by atoms with E-state index in [1.807, 2.05) is 6.92 Å². The average Bonchev–Trinajstić information content (AvgIpc) is 2.41. The molecular formula is C14H19BrN2O2. The Hall–Kier alpha value is -1.23. The zero-order valence-corrected chi connectivity index (χ0v) is 12.6. The van der Waals surface area contributed by atoms with Crippen LogP contribution in [0.5, 0.6) is 0 Å². The maximum atomic E-state index is 11.3. The molecule has 1 amide bonds. The van der Waals surface area contributed by atoms with Gasteiger partial charge in [-0.2, -0.15) is 0 Å². The lowest BCUT2D eigenvalue weighted by molar-refractivity contribution is 0.146. The van der Waals surface area contributed by atoms with Crippen LogP contribution < -0.4 is 10.2 Å². The average molecular weight is 327 g/mol. The van der Waals surface area contributed by atoms with Crippen molar-refractivity contribution in [1.82, 2.24) is 5.32 Å². The second kappa shape index (κ2) is 6.80. The van der Waals surface area contributed by atoms with Crippen LogP contribution in [0.3, 0.4) is 0 Å². The Labute approximate surface area is 122 Å². The number of halogens is 1. The highest BCUT2D eigenvalue weighted by Gasteiger charge is 2.21. The molecule has 1 saturated heterocycles. The van der Waals surface area contributed by atoms with Crippen molar-refractivity contribution in [3.8, 4) is 0 Å². The third-order valence-electron chi connectivity index (χ3n) is 3.28. The summed E-state index contributed by atoms with van der Waals surface area (Å²) in [6.07, 6.45) is 1.61. The van der Waals surface area contributed by atoms with Crippen molar-refractivity contribution in [2.75, 3.05) is 24.6 Å². The number of anilines is 1. The normalized spacial score (nSPS) is 16.2. The Bertz CT molecular complexity index is 414. The third kappa shape index (κ3) is 4.13. The van der Waals surface area contributed by atoms with E-state index in [1.54, 1.807) is 0 Å². The van der Waals surface area contributed by atoms with Crippen LogP contribution >= 0.6 is 15.9 Å². The quantitative estimate of drug-likeness (QED) is 0.927. The first-order valence-corrected chi connectivity index (χ1v) is 7.42. The summed E-state index contributed by atoms with van der Waals surface area (Å²) in [6.45, 7) is 4.15. The van der Waals surface area contributed by atoms with Crippen LogP contribution in [-0.4, -0.2) is 31.8 Å². The van der Waals surface area contributed by atoms with Gasteiger partial charge < -0.3 is 15.0 Å². The summed E-state index contributed by atoms with van der Waals surface area (Å²) in [7, 11) is 0. The van der Waals surface area contributed by atoms with Crippen LogP contribution in [0.4, 0.5) is 10.5 Å². The summed E-state index contributed by atoms with van der Waals surface area (Å²) < 4.78 is 5.99. The molecule has 0 aromatic heterocycles. The third-order valence-corrected chi connectivity index (χ3v) is 3.81. The monoisotopic (exact) mass is 326 g/mol. The molecule has 0 radical (unpaired) electrons. The number of alkyl carbamates (subject to hydrolysis) is 1. The lowest BCUT2D eigenvalue weighted by Crippen LogP contribution is -2.44. The fourth-order valence-electron chi connectivity index (χ4n) is 2.27. The maximum absolute atomic E-state index is 11.3. The van der Waals surface area contributed by atoms with Crippen molar-refractivity contribution in [2.24, 2.45) is 0 Å². The first kappa shape index (κ1) is 14.2. The molecule has 0 atom stereocenters. The van der Waals surface area contributed by atoms with Crippen molar-refractivity contribution in [3.63, 3.8) is 0 Å². The molecule has 0 aliphatic carbocycles. The zero-order valence-electron chi connectivity index (χ0n) is 11.1. The van der Waals surface area contributed by atoms with Gasteiger partial charge in [-0.05, 0) is 44.0 Å². The molecule has 104 valence electrons. The topological polar surface area (TPSA) is 41.6 Å². The molecule has 0 unspecified atom stereocenters. The van der Waals surface area contributed by atoms with Crippen molar-refractivity contribution in [3.05, 3.63) is 28.7 Å². The minimum absolute atomic E-state index is 0.228. The van der Waals surface area contributed by atoms with E-state index in [4.69, 9.17) is 4.74 Å². The molecule has 1 aromatic rings. The molecule has 0 bridgehead atoms. The standard InChI is InChI=1S/C14H19BrN2O2/c1-2-19-14(18)16-12-7-9-17(10-8-12)13-5-3-11(15)4-6-13/h3-6,12H,2,7-10H2,1H3,(H,16,18). The van der Waals surface area contributed by atoms with Gasteiger partial charge in [0.05, 0.1) is 6.61 Å². The van der Waals surface area contributed by atoms with Crippen LogP contribution in [0.2, 0.25) is 0 Å². The van der Waals surface area contributed by atoms with E-state index in [-0.39, 0.29) is 12.1 Å². The number of carbonyl (C=O) groups excluding carboxylic acids is 1. The predicted molar refractivity (Wildman–Crippen MR) is 79.5 cm³/mol. The second-order valence-electron chi connectivity index (χ2n) is 4.60. The fourth-order valence-corrected chi connectivity index (χ4v) is 2.54. The number of amides is 1. The fraction of sp³-hybridized carbons (Fsp3) is 0.500. The molecule has 1 aliphatic rings. The Morgan fingerprint density at radius 2 is 2.00 bits per heavy atom. The van der Waals surface area contributed by atoms with Gasteiger partial charge in [0.15, 0.2) is 0 Å². The van der Waals surface area contributed by atoms with Crippen LogP contribution in [0, 0.1) is 0 Å². The molecule has 0 spiro atoms. The van der Waals surface area contributed by atoms with E-state index in [0.717, 1.165) is 30.4 Å². The highest BCUT2D eigenvalue weighted by atomic mass is 79.9. The van der Waals surface area contributed by atoms with E-state index >= 15 is 0 Å². The summed E-state index contributed by atoms with van der Waals surface area (Å²) in [4.78, 5) is 13.7. The highest BCUT2D eigenvalue weighted by molar-refractivity contribution is 9.10. The number of rotatable bonds is 3. The molecule has 1 aromatic carbocycles. The van der Waals surface area contributed by atoms with Crippen molar-refractivity contribution in [1.29, 1.82) is 0 Å². The van der Waals surface area contributed by atoms with Gasteiger partial charge in [-0.1, -0.05) is 15.9 Å². The minimum Gasteiger partial charge on any atom is -0.450 e. The first-order chi connectivity index (χ1) is 9.19. The summed E-state index contributed by atoms with van der Waals surface area (Å²) in [6, 6.07) is 8.56. The van der Waals surface area contributed by atoms with Gasteiger partial charge in [0.25, 0.3) is 0 Å². The smallest absolute Gasteiger partial charge is 0.407 e. The van der Waals surface area contributed by atoms with Gasteiger partial charge >= 0.3 is 6.09 Å². The van der Waals surface area contributed by atoms with Crippen molar-refractivity contribution >= 4 is 27.7 Å². The Morgan fingerprint density at radius 3 is 2.58 bits per heavy atom. The van der Waals surface area contributed by atoms with Crippen LogP contribution in [0.1, 0.15) is 19.8 Å². The minimum atomic E-state index is -0.301. The predicted octanol–water partition coefficient (Wildman–Crippen LogP) is 3.16. The largest absolute Gasteiger partial charge is 0.450 e. The zero-order chi connectivity index (χ0) is 13.7. The van der Waals surface area contributed by atoms with Gasteiger partial charge in [0.2, 0.25) is 0 Å². The van der Waals surface area contributed by atoms with Crippen LogP contribution in [0.25, 0.3) is 0 Å². The number of piperidine rings is 1. The molecule has 2 rings (SSSR count). The molecule has 1 heterocycles. The molecule has 4 nitrogen and oxygen atoms in total. The lowest BCUT2D eigenvalue weighted by Gasteiger charge is -2.33. The molecule has 19 heavy (non-hydrogen) atoms. The summed E-state index contributed by atoms with van der Waals surface area (Å²) in [5.74, 6) is 0. The summed E-state index contributed by atoms with van der Waals surface area (Å²) in [5, 5.41) is 2.91. The Kier molecular flexibility index (Phi) is 5.07. The number of nitrogens with zero attached hydrogens (tertiary/aromatic N) is 1. The lowest BCUT2D eigenvalue weighted by atomic mass is 10.0. The Morgan fingerprint density at radius 1 is 1.37 bits per heavy atom. The van der Waals surface area contributed by atoms with Crippen LogP contribution in [0.15, 0.2) is 28.7 Å². The molecule has 1 aliphatic heterocycles. The van der Waals surface area contributed by atoms with Gasteiger partial charge in [-0.3, -0.25) is 0 Å². The summed E-state index contributed by atoms with van der Waals surface area (Å²) >= 11 is 3.44. The molecular weight excluding hydrogens is 308 g/mol. The Balaban J connectivity index is 1.82. The number of hydrogen-bond acceptors (Lipinski definition) is 3. The maximum Gasteiger partial charge on any atom is 0.407 e. The molecule has 5 heteroatoms. The summed E-state index contributed by atoms with van der Waals surface area (Å²) in [5.41, 5.74) is 1.23. The number of carbonyl (C=O) groups is 1. The number of ether oxygens (including phenoxy) is 1. The molecule has 1 fully saturated rings. The number of benzene rings is 1. The van der Waals surface area contributed by atoms with Gasteiger partial charge in [0.1, 0.15) is 0 Å². The number of nitrogens with one attached hydrogen (secondary N) is 1. The van der Waals surface area contributed by atoms with Crippen molar-refractivity contribution < 1.29 is 9.53 Å². The van der Waals surface area contributed by atoms with Crippen LogP contribution in [-0.2, 0) is 4.74 Å². The SMILES string of the molecule is CCOC(=O)NC1CCN(c2ccc(Br)cc2)CC1. The van der Waals surface area contributed by atoms with E-state index in [2.05, 4.69) is 50.4 Å². The second-order valence-corrected chi connectivity index (χ2v) is 5.52. The van der Waals surface area contributed by atoms with E-state index in [0.29, 0.717) is 6.61 Å². The van der Waals surface area contributed by atoms with Gasteiger partial charge in [0, 0.05) is 29.3 Å². The van der Waals surface area contributed by atoms with Gasteiger partial charge in [-0.25, -0.2) is 4.79 Å². The highest BCUT2D eigenvalue weighted by Crippen LogP contribution is 2.22. The van der Waals surface area contributed by atoms with Crippen molar-refractivity contribution in [2.45, 2.75) is 25.8 Å². The van der Waals surface area contributed by atoms with E-state index in [9.17, 15) is 4.79 Å². The first-order valence-electron chi connectivity index (χ1n) is 6.63. The number of hydrogen-bond donors (Lipinski definition) is 1.